The van der Waals surface area contributed by atoms with Crippen LogP contribution in [0.1, 0.15) is 6.92 Å². The predicted octanol–water partition coefficient (Wildman–Crippen LogP) is 3.13. The number of nitrogens with zero attached hydrogens (tertiary/aromatic N) is 2. The number of pyridine rings is 2. The van der Waals surface area contributed by atoms with Crippen molar-refractivity contribution in [2.24, 2.45) is 0 Å². The smallest absolute Gasteiger partial charge is 0.264 e. The van der Waals surface area contributed by atoms with Crippen molar-refractivity contribution in [3.8, 4) is 0 Å². The standard InChI is InChI=1S/C22H21N5O3S/c1-15(28)23-13-14-24-18-9-10-19(22-17(18)7-4-12-26-22)27-31(29,30)20-8-2-5-16-6-3-11-25-21(16)20/h2-12,24,27H,13-14H2,1H3,(H,23,28). The van der Waals surface area contributed by atoms with E-state index in [1.54, 1.807) is 42.7 Å². The number of nitrogens with one attached hydrogen (secondary N) is 3. The summed E-state index contributed by atoms with van der Waals surface area (Å²) in [4.78, 5) is 19.8. The Morgan fingerprint density at radius 3 is 2.39 bits per heavy atom. The number of hydrogen-bond acceptors (Lipinski definition) is 6. The lowest BCUT2D eigenvalue weighted by molar-refractivity contribution is -0.118. The molecule has 0 radical (unpaired) electrons. The highest BCUT2D eigenvalue weighted by Gasteiger charge is 2.20. The number of carbonyl (C=O) groups excluding carboxylic acids is 1. The molecule has 0 bridgehead atoms. The van der Waals surface area contributed by atoms with Crippen LogP contribution in [0.15, 0.2) is 71.9 Å². The Kier molecular flexibility index (Phi) is 5.68. The van der Waals surface area contributed by atoms with E-state index in [0.717, 1.165) is 16.5 Å². The van der Waals surface area contributed by atoms with Crippen LogP contribution in [0.25, 0.3) is 21.8 Å². The zero-order valence-corrected chi connectivity index (χ0v) is 17.6. The van der Waals surface area contributed by atoms with E-state index in [4.69, 9.17) is 0 Å². The minimum atomic E-state index is -3.90. The van der Waals surface area contributed by atoms with Gasteiger partial charge < -0.3 is 10.6 Å². The first-order valence-electron chi connectivity index (χ1n) is 9.68. The second-order valence-electron chi connectivity index (χ2n) is 6.91. The van der Waals surface area contributed by atoms with Gasteiger partial charge in [0, 0.05) is 48.9 Å². The van der Waals surface area contributed by atoms with Gasteiger partial charge in [-0.1, -0.05) is 18.2 Å². The minimum Gasteiger partial charge on any atom is -0.383 e. The third-order valence-electron chi connectivity index (χ3n) is 4.71. The molecule has 0 unspecified atom stereocenters. The number of benzene rings is 2. The topological polar surface area (TPSA) is 113 Å². The van der Waals surface area contributed by atoms with E-state index in [9.17, 15) is 13.2 Å². The van der Waals surface area contributed by atoms with Crippen LogP contribution in [0.5, 0.6) is 0 Å². The van der Waals surface area contributed by atoms with E-state index < -0.39 is 10.0 Å². The van der Waals surface area contributed by atoms with E-state index in [1.165, 1.54) is 13.0 Å². The number of fused-ring (bicyclic) bond motifs is 2. The van der Waals surface area contributed by atoms with Crippen molar-refractivity contribution in [2.75, 3.05) is 23.1 Å². The molecule has 0 fully saturated rings. The summed E-state index contributed by atoms with van der Waals surface area (Å²) in [6, 6.07) is 15.7. The number of sulfonamides is 1. The summed E-state index contributed by atoms with van der Waals surface area (Å²) in [6.45, 7) is 2.46. The van der Waals surface area contributed by atoms with E-state index >= 15 is 0 Å². The fourth-order valence-corrected chi connectivity index (χ4v) is 4.58. The van der Waals surface area contributed by atoms with E-state index in [2.05, 4.69) is 25.3 Å². The lowest BCUT2D eigenvalue weighted by Crippen LogP contribution is -2.26. The van der Waals surface area contributed by atoms with Gasteiger partial charge in [-0.15, -0.1) is 0 Å². The van der Waals surface area contributed by atoms with E-state index in [-0.39, 0.29) is 10.8 Å². The molecule has 3 N–H and O–H groups in total. The molecule has 0 spiro atoms. The van der Waals surface area contributed by atoms with E-state index in [1.807, 2.05) is 18.2 Å². The zero-order valence-electron chi connectivity index (χ0n) is 16.8. The van der Waals surface area contributed by atoms with Crippen molar-refractivity contribution in [3.63, 3.8) is 0 Å². The maximum absolute atomic E-state index is 13.2. The van der Waals surface area contributed by atoms with Crippen molar-refractivity contribution in [1.82, 2.24) is 15.3 Å². The molecule has 2 heterocycles. The maximum atomic E-state index is 13.2. The third-order valence-corrected chi connectivity index (χ3v) is 6.11. The van der Waals surface area contributed by atoms with Crippen LogP contribution in [0.4, 0.5) is 11.4 Å². The highest BCUT2D eigenvalue weighted by molar-refractivity contribution is 7.93. The van der Waals surface area contributed by atoms with Gasteiger partial charge in [0.25, 0.3) is 10.0 Å². The summed E-state index contributed by atoms with van der Waals surface area (Å²) >= 11 is 0. The molecule has 0 aliphatic heterocycles. The Morgan fingerprint density at radius 2 is 1.58 bits per heavy atom. The lowest BCUT2D eigenvalue weighted by Gasteiger charge is -2.14. The summed E-state index contributed by atoms with van der Waals surface area (Å²) < 4.78 is 29.0. The van der Waals surface area contributed by atoms with Crippen LogP contribution in [0.2, 0.25) is 0 Å². The molecule has 2 aromatic carbocycles. The van der Waals surface area contributed by atoms with Crippen LogP contribution in [-0.2, 0) is 14.8 Å². The second kappa shape index (κ2) is 8.57. The molecule has 8 nitrogen and oxygen atoms in total. The van der Waals surface area contributed by atoms with Gasteiger partial charge in [-0.2, -0.15) is 0 Å². The molecule has 9 heteroatoms. The second-order valence-corrected chi connectivity index (χ2v) is 8.56. The molecule has 4 aromatic rings. The molecule has 158 valence electrons. The lowest BCUT2D eigenvalue weighted by atomic mass is 10.1. The first kappa shape index (κ1) is 20.5. The van der Waals surface area contributed by atoms with Crippen molar-refractivity contribution in [2.45, 2.75) is 11.8 Å². The summed E-state index contributed by atoms with van der Waals surface area (Å²) in [5, 5.41) is 7.48. The predicted molar refractivity (Wildman–Crippen MR) is 121 cm³/mol. The summed E-state index contributed by atoms with van der Waals surface area (Å²) in [5.41, 5.74) is 2.09. The molecular formula is C22H21N5O3S. The van der Waals surface area contributed by atoms with Gasteiger partial charge >= 0.3 is 0 Å². The van der Waals surface area contributed by atoms with Crippen molar-refractivity contribution < 1.29 is 13.2 Å². The summed E-state index contributed by atoms with van der Waals surface area (Å²) in [7, 11) is -3.90. The monoisotopic (exact) mass is 435 g/mol. The van der Waals surface area contributed by atoms with Crippen molar-refractivity contribution in [1.29, 1.82) is 0 Å². The average molecular weight is 436 g/mol. The normalized spacial score (nSPS) is 11.4. The molecule has 31 heavy (non-hydrogen) atoms. The zero-order chi connectivity index (χ0) is 21.8. The van der Waals surface area contributed by atoms with Gasteiger partial charge in [-0.05, 0) is 36.4 Å². The Morgan fingerprint density at radius 1 is 0.871 bits per heavy atom. The van der Waals surface area contributed by atoms with Gasteiger partial charge in [-0.25, -0.2) is 8.42 Å². The molecule has 2 aromatic heterocycles. The number of carbonyl (C=O) groups is 1. The number of aromatic nitrogens is 2. The Hall–Kier alpha value is -3.72. The SMILES string of the molecule is CC(=O)NCCNc1ccc(NS(=O)(=O)c2cccc3cccnc23)c2ncccc12. The van der Waals surface area contributed by atoms with Gasteiger partial charge in [0.05, 0.1) is 16.7 Å². The Bertz CT molecular complexity index is 1370. The molecule has 0 atom stereocenters. The van der Waals surface area contributed by atoms with Crippen molar-refractivity contribution >= 4 is 49.1 Å². The molecule has 0 saturated carbocycles. The quantitative estimate of drug-likeness (QED) is 0.385. The van der Waals surface area contributed by atoms with Crippen LogP contribution in [0.3, 0.4) is 0 Å². The highest BCUT2D eigenvalue weighted by atomic mass is 32.2. The Labute approximate surface area is 179 Å². The molecule has 1 amide bonds. The third kappa shape index (κ3) is 4.41. The number of rotatable bonds is 7. The highest BCUT2D eigenvalue weighted by Crippen LogP contribution is 2.31. The summed E-state index contributed by atoms with van der Waals surface area (Å²) in [6.07, 6.45) is 3.18. The van der Waals surface area contributed by atoms with Gasteiger partial charge in [0.15, 0.2) is 0 Å². The average Bonchev–Trinajstić information content (AvgIpc) is 2.77. The van der Waals surface area contributed by atoms with Crippen molar-refractivity contribution in [3.05, 3.63) is 67.0 Å². The van der Waals surface area contributed by atoms with Gasteiger partial charge in [0.2, 0.25) is 5.91 Å². The first-order valence-corrected chi connectivity index (χ1v) is 11.2. The van der Waals surface area contributed by atoms with Crippen LogP contribution >= 0.6 is 0 Å². The largest absolute Gasteiger partial charge is 0.383 e. The number of amides is 1. The van der Waals surface area contributed by atoms with Gasteiger partial charge in [-0.3, -0.25) is 19.5 Å². The molecular weight excluding hydrogens is 414 g/mol. The fourth-order valence-electron chi connectivity index (χ4n) is 3.34. The molecule has 0 aliphatic carbocycles. The van der Waals surface area contributed by atoms with Crippen LogP contribution in [-0.4, -0.2) is 37.4 Å². The maximum Gasteiger partial charge on any atom is 0.264 e. The van der Waals surface area contributed by atoms with E-state index in [0.29, 0.717) is 29.8 Å². The molecule has 0 saturated heterocycles. The molecule has 0 aliphatic rings. The first-order chi connectivity index (χ1) is 15.0. The number of hydrogen-bond donors (Lipinski definition) is 3. The molecule has 4 rings (SSSR count). The van der Waals surface area contributed by atoms with Gasteiger partial charge in [0.1, 0.15) is 4.90 Å². The number of anilines is 2. The van der Waals surface area contributed by atoms with Crippen LogP contribution < -0.4 is 15.4 Å². The summed E-state index contributed by atoms with van der Waals surface area (Å²) in [5.74, 6) is -0.0963. The fraction of sp³-hybridized carbons (Fsp3) is 0.136. The minimum absolute atomic E-state index is 0.0963. The Balaban J connectivity index is 1.67. The van der Waals surface area contributed by atoms with Crippen LogP contribution in [0, 0.1) is 0 Å². The number of para-hydroxylation sites is 1.